The zero-order valence-electron chi connectivity index (χ0n) is 10.3. The summed E-state index contributed by atoms with van der Waals surface area (Å²) in [6.07, 6.45) is 3.62. The number of hydrogen-bond donors (Lipinski definition) is 1. The lowest BCUT2D eigenvalue weighted by Crippen LogP contribution is -2.21. The van der Waals surface area contributed by atoms with Gasteiger partial charge in [0, 0.05) is 23.9 Å². The highest BCUT2D eigenvalue weighted by Crippen LogP contribution is 2.36. The van der Waals surface area contributed by atoms with Crippen molar-refractivity contribution in [3.05, 3.63) is 33.9 Å². The van der Waals surface area contributed by atoms with Crippen LogP contribution in [0.2, 0.25) is 0 Å². The monoisotopic (exact) mass is 234 g/mol. The fourth-order valence-electron chi connectivity index (χ4n) is 2.13. The van der Waals surface area contributed by atoms with Crippen molar-refractivity contribution in [3.8, 4) is 0 Å². The number of nitrogens with one attached hydrogen (secondary N) is 1. The standard InChI is InChI=1S/C13H18N2O2/c1-3-12(10-5-6-10)14-13-8-11(15(16)17)7-4-9(13)2/h4,7-8,10,12,14H,3,5-6H2,1-2H3. The van der Waals surface area contributed by atoms with Crippen LogP contribution in [0, 0.1) is 23.0 Å². The molecule has 0 bridgehead atoms. The van der Waals surface area contributed by atoms with Gasteiger partial charge in [0.2, 0.25) is 0 Å². The van der Waals surface area contributed by atoms with Crippen molar-refractivity contribution in [2.75, 3.05) is 5.32 Å². The average molecular weight is 234 g/mol. The van der Waals surface area contributed by atoms with Crippen molar-refractivity contribution in [2.45, 2.75) is 39.2 Å². The Morgan fingerprint density at radius 1 is 1.53 bits per heavy atom. The molecule has 0 amide bonds. The Balaban J connectivity index is 2.18. The lowest BCUT2D eigenvalue weighted by molar-refractivity contribution is -0.384. The fraction of sp³-hybridized carbons (Fsp3) is 0.538. The van der Waals surface area contributed by atoms with E-state index in [1.165, 1.54) is 12.8 Å². The molecular weight excluding hydrogens is 216 g/mol. The molecule has 1 aromatic rings. The van der Waals surface area contributed by atoms with Gasteiger partial charge in [0.25, 0.3) is 5.69 Å². The summed E-state index contributed by atoms with van der Waals surface area (Å²) >= 11 is 0. The lowest BCUT2D eigenvalue weighted by Gasteiger charge is -2.19. The van der Waals surface area contributed by atoms with E-state index in [1.807, 2.05) is 6.92 Å². The Hall–Kier alpha value is -1.58. The molecule has 0 aliphatic heterocycles. The first kappa shape index (κ1) is 11.9. The van der Waals surface area contributed by atoms with Gasteiger partial charge >= 0.3 is 0 Å². The third-order valence-electron chi connectivity index (χ3n) is 3.40. The molecule has 0 radical (unpaired) electrons. The number of nitrogens with zero attached hydrogens (tertiary/aromatic N) is 1. The first-order valence-corrected chi connectivity index (χ1v) is 6.13. The zero-order valence-corrected chi connectivity index (χ0v) is 10.3. The summed E-state index contributed by atoms with van der Waals surface area (Å²) in [5.41, 5.74) is 2.12. The molecule has 4 nitrogen and oxygen atoms in total. The molecule has 1 atom stereocenters. The molecule has 92 valence electrons. The topological polar surface area (TPSA) is 55.2 Å². The van der Waals surface area contributed by atoms with E-state index in [2.05, 4.69) is 12.2 Å². The highest BCUT2D eigenvalue weighted by atomic mass is 16.6. The quantitative estimate of drug-likeness (QED) is 0.626. The second-order valence-corrected chi connectivity index (χ2v) is 4.75. The van der Waals surface area contributed by atoms with Crippen LogP contribution in [0.25, 0.3) is 0 Å². The van der Waals surface area contributed by atoms with Crippen molar-refractivity contribution in [2.24, 2.45) is 5.92 Å². The number of aryl methyl sites for hydroxylation is 1. The molecule has 1 aliphatic carbocycles. The largest absolute Gasteiger partial charge is 0.382 e. The summed E-state index contributed by atoms with van der Waals surface area (Å²) in [7, 11) is 0. The van der Waals surface area contributed by atoms with Gasteiger partial charge in [-0.05, 0) is 37.7 Å². The van der Waals surface area contributed by atoms with Crippen LogP contribution in [0.1, 0.15) is 31.7 Å². The Kier molecular flexibility index (Phi) is 3.31. The van der Waals surface area contributed by atoms with E-state index in [9.17, 15) is 10.1 Å². The maximum Gasteiger partial charge on any atom is 0.271 e. The summed E-state index contributed by atoms with van der Waals surface area (Å²) in [5.74, 6) is 0.749. The zero-order chi connectivity index (χ0) is 12.4. The van der Waals surface area contributed by atoms with Gasteiger partial charge in [-0.1, -0.05) is 13.0 Å². The van der Waals surface area contributed by atoms with Gasteiger partial charge in [-0.15, -0.1) is 0 Å². The Labute approximate surface area is 101 Å². The van der Waals surface area contributed by atoms with Gasteiger partial charge in [-0.2, -0.15) is 0 Å². The Morgan fingerprint density at radius 3 is 2.76 bits per heavy atom. The molecule has 1 N–H and O–H groups in total. The van der Waals surface area contributed by atoms with Crippen LogP contribution >= 0.6 is 0 Å². The van der Waals surface area contributed by atoms with Crippen LogP contribution in [-0.2, 0) is 0 Å². The number of rotatable bonds is 5. The summed E-state index contributed by atoms with van der Waals surface area (Å²) in [5, 5.41) is 14.2. The van der Waals surface area contributed by atoms with Crippen LogP contribution in [0.4, 0.5) is 11.4 Å². The highest BCUT2D eigenvalue weighted by Gasteiger charge is 2.30. The summed E-state index contributed by atoms with van der Waals surface area (Å²) in [4.78, 5) is 10.4. The van der Waals surface area contributed by atoms with Gasteiger partial charge in [0.1, 0.15) is 0 Å². The van der Waals surface area contributed by atoms with Crippen LogP contribution in [0.3, 0.4) is 0 Å². The minimum absolute atomic E-state index is 0.156. The molecule has 1 saturated carbocycles. The maximum atomic E-state index is 10.7. The van der Waals surface area contributed by atoms with E-state index in [1.54, 1.807) is 18.2 Å². The molecule has 1 aromatic carbocycles. The van der Waals surface area contributed by atoms with Crippen LogP contribution in [0.15, 0.2) is 18.2 Å². The highest BCUT2D eigenvalue weighted by molar-refractivity contribution is 5.57. The molecule has 1 aliphatic rings. The van der Waals surface area contributed by atoms with Crippen molar-refractivity contribution in [1.29, 1.82) is 0 Å². The van der Waals surface area contributed by atoms with Crippen molar-refractivity contribution < 1.29 is 4.92 Å². The van der Waals surface area contributed by atoms with E-state index in [-0.39, 0.29) is 10.6 Å². The van der Waals surface area contributed by atoms with Gasteiger partial charge in [0.05, 0.1) is 4.92 Å². The predicted octanol–water partition coefficient (Wildman–Crippen LogP) is 3.50. The van der Waals surface area contributed by atoms with Crippen LogP contribution in [-0.4, -0.2) is 11.0 Å². The van der Waals surface area contributed by atoms with Crippen LogP contribution < -0.4 is 5.32 Å². The third-order valence-corrected chi connectivity index (χ3v) is 3.40. The number of hydrogen-bond acceptors (Lipinski definition) is 3. The van der Waals surface area contributed by atoms with Crippen molar-refractivity contribution >= 4 is 11.4 Å². The fourth-order valence-corrected chi connectivity index (χ4v) is 2.13. The van der Waals surface area contributed by atoms with Crippen molar-refractivity contribution in [1.82, 2.24) is 0 Å². The minimum atomic E-state index is -0.345. The number of anilines is 1. The van der Waals surface area contributed by atoms with E-state index in [4.69, 9.17) is 0 Å². The SMILES string of the molecule is CCC(Nc1cc([N+](=O)[O-])ccc1C)C1CC1. The number of nitro groups is 1. The smallest absolute Gasteiger partial charge is 0.271 e. The number of benzene rings is 1. The third kappa shape index (κ3) is 2.75. The van der Waals surface area contributed by atoms with E-state index >= 15 is 0 Å². The summed E-state index contributed by atoms with van der Waals surface area (Å²) in [6.45, 7) is 4.13. The number of non-ortho nitro benzene ring substituents is 1. The van der Waals surface area contributed by atoms with E-state index in [0.29, 0.717) is 6.04 Å². The summed E-state index contributed by atoms with van der Waals surface area (Å²) in [6, 6.07) is 5.45. The van der Waals surface area contributed by atoms with E-state index in [0.717, 1.165) is 23.6 Å². The molecule has 17 heavy (non-hydrogen) atoms. The van der Waals surface area contributed by atoms with Gasteiger partial charge in [-0.25, -0.2) is 0 Å². The summed E-state index contributed by atoms with van der Waals surface area (Å²) < 4.78 is 0. The second kappa shape index (κ2) is 4.73. The predicted molar refractivity (Wildman–Crippen MR) is 68.3 cm³/mol. The first-order valence-electron chi connectivity index (χ1n) is 6.13. The normalized spacial score (nSPS) is 16.6. The molecule has 2 rings (SSSR count). The first-order chi connectivity index (χ1) is 8.11. The van der Waals surface area contributed by atoms with Gasteiger partial charge in [-0.3, -0.25) is 10.1 Å². The van der Waals surface area contributed by atoms with Crippen LogP contribution in [0.5, 0.6) is 0 Å². The van der Waals surface area contributed by atoms with E-state index < -0.39 is 0 Å². The molecule has 0 aromatic heterocycles. The molecule has 1 unspecified atom stereocenters. The molecule has 0 heterocycles. The van der Waals surface area contributed by atoms with Gasteiger partial charge < -0.3 is 5.32 Å². The second-order valence-electron chi connectivity index (χ2n) is 4.75. The molecule has 1 fully saturated rings. The maximum absolute atomic E-state index is 10.7. The minimum Gasteiger partial charge on any atom is -0.382 e. The van der Waals surface area contributed by atoms with Gasteiger partial charge in [0.15, 0.2) is 0 Å². The lowest BCUT2D eigenvalue weighted by atomic mass is 10.1. The molecule has 4 heteroatoms. The number of nitro benzene ring substituents is 1. The molecule has 0 saturated heterocycles. The Bertz CT molecular complexity index is 427. The Morgan fingerprint density at radius 2 is 2.24 bits per heavy atom. The molecule has 0 spiro atoms. The van der Waals surface area contributed by atoms with Crippen molar-refractivity contribution in [3.63, 3.8) is 0 Å². The average Bonchev–Trinajstić information content (AvgIpc) is 3.11. The molecular formula is C13H18N2O2.